The summed E-state index contributed by atoms with van der Waals surface area (Å²) in [6, 6.07) is 6.13. The minimum absolute atomic E-state index is 0.127. The monoisotopic (exact) mass is 443 g/mol. The number of likely N-dealkylation sites (tertiary alicyclic amines) is 1. The van der Waals surface area contributed by atoms with Gasteiger partial charge in [0.15, 0.2) is 5.82 Å². The zero-order valence-electron chi connectivity index (χ0n) is 17.2. The molecule has 1 atom stereocenters. The van der Waals surface area contributed by atoms with Crippen LogP contribution < -0.4 is 10.9 Å². The maximum Gasteiger partial charge on any atom is 0.416 e. The highest BCUT2D eigenvalue weighted by atomic mass is 19.4. The zero-order chi connectivity index (χ0) is 23.0. The fourth-order valence-electron chi connectivity index (χ4n) is 3.79. The molecule has 4 rings (SSSR count). The summed E-state index contributed by atoms with van der Waals surface area (Å²) in [6.45, 7) is 4.48. The van der Waals surface area contributed by atoms with Crippen LogP contribution in [0.15, 0.2) is 54.0 Å². The van der Waals surface area contributed by atoms with Gasteiger partial charge in [0.05, 0.1) is 10.9 Å². The molecule has 0 aliphatic carbocycles. The molecule has 1 amide bonds. The van der Waals surface area contributed by atoms with Crippen LogP contribution in [0.3, 0.4) is 0 Å². The predicted molar refractivity (Wildman–Crippen MR) is 114 cm³/mol. The van der Waals surface area contributed by atoms with Gasteiger partial charge in [-0.05, 0) is 30.7 Å². The third kappa shape index (κ3) is 3.95. The number of anilines is 1. The fourth-order valence-corrected chi connectivity index (χ4v) is 3.79. The molecule has 1 saturated heterocycles. The van der Waals surface area contributed by atoms with E-state index in [1.165, 1.54) is 22.8 Å². The molecule has 1 fully saturated rings. The Morgan fingerprint density at radius 3 is 2.59 bits per heavy atom. The smallest absolute Gasteiger partial charge is 0.363 e. The topological polar surface area (TPSA) is 80.1 Å². The SMILES string of the molecule is C=CC(=O)N1CCC(Nc2nnc(-c3ccc(C(F)(F)F)cc3)c3ccn(C)c(=O)c23)C1. The first-order valence-corrected chi connectivity index (χ1v) is 9.90. The van der Waals surface area contributed by atoms with E-state index in [4.69, 9.17) is 0 Å². The largest absolute Gasteiger partial charge is 0.416 e. The molecule has 0 spiro atoms. The van der Waals surface area contributed by atoms with Crippen molar-refractivity contribution in [1.29, 1.82) is 0 Å². The number of pyridine rings is 1. The van der Waals surface area contributed by atoms with Gasteiger partial charge >= 0.3 is 6.18 Å². The Labute approximate surface area is 181 Å². The molecule has 1 unspecified atom stereocenters. The van der Waals surface area contributed by atoms with E-state index in [1.54, 1.807) is 24.2 Å². The van der Waals surface area contributed by atoms with E-state index in [-0.39, 0.29) is 28.7 Å². The number of hydrogen-bond donors (Lipinski definition) is 1. The van der Waals surface area contributed by atoms with Crippen LogP contribution in [-0.4, -0.2) is 44.7 Å². The Morgan fingerprint density at radius 2 is 1.94 bits per heavy atom. The lowest BCUT2D eigenvalue weighted by Crippen LogP contribution is -2.31. The molecule has 1 aliphatic rings. The van der Waals surface area contributed by atoms with Crippen molar-refractivity contribution in [3.63, 3.8) is 0 Å². The molecule has 166 valence electrons. The summed E-state index contributed by atoms with van der Waals surface area (Å²) in [7, 11) is 1.60. The van der Waals surface area contributed by atoms with E-state index in [0.717, 1.165) is 12.1 Å². The van der Waals surface area contributed by atoms with Crippen molar-refractivity contribution in [2.45, 2.75) is 18.6 Å². The molecule has 3 aromatic rings. The highest BCUT2D eigenvalue weighted by Crippen LogP contribution is 2.33. The van der Waals surface area contributed by atoms with Gasteiger partial charge < -0.3 is 14.8 Å². The fraction of sp³-hybridized carbons (Fsp3) is 0.273. The van der Waals surface area contributed by atoms with E-state index in [2.05, 4.69) is 22.1 Å². The third-order valence-electron chi connectivity index (χ3n) is 5.51. The van der Waals surface area contributed by atoms with Gasteiger partial charge in [-0.25, -0.2) is 0 Å². The Bertz CT molecular complexity index is 1250. The average Bonchev–Trinajstić information content (AvgIpc) is 3.24. The number of hydrogen-bond acceptors (Lipinski definition) is 5. The number of aromatic nitrogens is 3. The van der Waals surface area contributed by atoms with Crippen molar-refractivity contribution in [2.24, 2.45) is 7.05 Å². The Morgan fingerprint density at radius 1 is 1.22 bits per heavy atom. The summed E-state index contributed by atoms with van der Waals surface area (Å²) in [6.07, 6.45) is -0.954. The van der Waals surface area contributed by atoms with Crippen LogP contribution in [0.25, 0.3) is 22.0 Å². The van der Waals surface area contributed by atoms with Gasteiger partial charge in [0.25, 0.3) is 5.56 Å². The molecular weight excluding hydrogens is 423 g/mol. The molecule has 1 N–H and O–H groups in total. The summed E-state index contributed by atoms with van der Waals surface area (Å²) < 4.78 is 40.1. The normalized spacial score (nSPS) is 16.4. The van der Waals surface area contributed by atoms with Crippen LogP contribution in [0, 0.1) is 0 Å². The standard InChI is InChI=1S/C22H20F3N5O2/c1-3-17(31)30-11-8-15(12-30)26-20-18-16(9-10-29(2)21(18)32)19(27-28-20)13-4-6-14(7-5-13)22(23,24)25/h3-7,9-10,15H,1,8,11-12H2,2H3,(H,26,28). The van der Waals surface area contributed by atoms with Gasteiger partial charge in [0, 0.05) is 43.3 Å². The molecule has 0 saturated carbocycles. The molecule has 32 heavy (non-hydrogen) atoms. The van der Waals surface area contributed by atoms with Crippen LogP contribution in [0.1, 0.15) is 12.0 Å². The molecule has 3 heterocycles. The van der Waals surface area contributed by atoms with E-state index in [0.29, 0.717) is 36.2 Å². The number of carbonyl (C=O) groups is 1. The summed E-state index contributed by atoms with van der Waals surface area (Å²) in [5.74, 6) is 0.105. The van der Waals surface area contributed by atoms with Gasteiger partial charge in [-0.1, -0.05) is 18.7 Å². The molecule has 2 aromatic heterocycles. The lowest BCUT2D eigenvalue weighted by Gasteiger charge is -2.17. The number of nitrogens with one attached hydrogen (secondary N) is 1. The number of rotatable bonds is 4. The molecule has 0 bridgehead atoms. The number of alkyl halides is 3. The summed E-state index contributed by atoms with van der Waals surface area (Å²) >= 11 is 0. The van der Waals surface area contributed by atoms with Crippen molar-refractivity contribution in [2.75, 3.05) is 18.4 Å². The number of aryl methyl sites for hydroxylation is 1. The van der Waals surface area contributed by atoms with Crippen molar-refractivity contribution >= 4 is 22.5 Å². The van der Waals surface area contributed by atoms with Crippen molar-refractivity contribution in [3.05, 3.63) is 65.1 Å². The van der Waals surface area contributed by atoms with Crippen molar-refractivity contribution in [3.8, 4) is 11.3 Å². The molecular formula is C22H20F3N5O2. The molecule has 1 aromatic carbocycles. The van der Waals surface area contributed by atoms with Crippen molar-refractivity contribution < 1.29 is 18.0 Å². The second kappa shape index (κ2) is 8.10. The van der Waals surface area contributed by atoms with Gasteiger partial charge in [0.1, 0.15) is 5.69 Å². The second-order valence-corrected chi connectivity index (χ2v) is 7.61. The molecule has 0 radical (unpaired) electrons. The lowest BCUT2D eigenvalue weighted by atomic mass is 10.0. The minimum atomic E-state index is -4.45. The maximum absolute atomic E-state index is 12.9. The quantitative estimate of drug-likeness (QED) is 0.627. The number of carbonyl (C=O) groups excluding carboxylic acids is 1. The summed E-state index contributed by atoms with van der Waals surface area (Å²) in [5, 5.41) is 12.4. The highest BCUT2D eigenvalue weighted by molar-refractivity contribution is 5.99. The summed E-state index contributed by atoms with van der Waals surface area (Å²) in [5.41, 5.74) is -0.358. The number of nitrogens with zero attached hydrogens (tertiary/aromatic N) is 4. The molecule has 1 aliphatic heterocycles. The van der Waals surface area contributed by atoms with Crippen LogP contribution in [0.4, 0.5) is 19.0 Å². The van der Waals surface area contributed by atoms with Gasteiger partial charge in [0.2, 0.25) is 5.91 Å². The van der Waals surface area contributed by atoms with Gasteiger partial charge in [-0.3, -0.25) is 9.59 Å². The average molecular weight is 443 g/mol. The number of fused-ring (bicyclic) bond motifs is 1. The van der Waals surface area contributed by atoms with E-state index in [1.807, 2.05) is 0 Å². The van der Waals surface area contributed by atoms with Gasteiger partial charge in [-0.15, -0.1) is 10.2 Å². The van der Waals surface area contributed by atoms with E-state index in [9.17, 15) is 22.8 Å². The second-order valence-electron chi connectivity index (χ2n) is 7.61. The third-order valence-corrected chi connectivity index (χ3v) is 5.51. The van der Waals surface area contributed by atoms with Crippen LogP contribution in [0.2, 0.25) is 0 Å². The van der Waals surface area contributed by atoms with E-state index < -0.39 is 11.7 Å². The Hall–Kier alpha value is -3.69. The number of halogens is 3. The zero-order valence-corrected chi connectivity index (χ0v) is 17.2. The van der Waals surface area contributed by atoms with Crippen LogP contribution in [-0.2, 0) is 18.0 Å². The number of amides is 1. The number of benzene rings is 1. The molecule has 10 heteroatoms. The van der Waals surface area contributed by atoms with Crippen molar-refractivity contribution in [1.82, 2.24) is 19.7 Å². The van der Waals surface area contributed by atoms with E-state index >= 15 is 0 Å². The minimum Gasteiger partial charge on any atom is -0.363 e. The lowest BCUT2D eigenvalue weighted by molar-refractivity contribution is -0.137. The Kier molecular flexibility index (Phi) is 5.45. The Balaban J connectivity index is 1.74. The first-order valence-electron chi connectivity index (χ1n) is 9.90. The van der Waals surface area contributed by atoms with Crippen LogP contribution in [0.5, 0.6) is 0 Å². The predicted octanol–water partition coefficient (Wildman–Crippen LogP) is 3.21. The van der Waals surface area contributed by atoms with Crippen LogP contribution >= 0.6 is 0 Å². The first-order chi connectivity index (χ1) is 15.2. The maximum atomic E-state index is 12.9. The molecule has 7 nitrogen and oxygen atoms in total. The highest BCUT2D eigenvalue weighted by Gasteiger charge is 2.30. The van der Waals surface area contributed by atoms with Gasteiger partial charge in [-0.2, -0.15) is 13.2 Å². The first kappa shape index (κ1) is 21.5. The summed E-state index contributed by atoms with van der Waals surface area (Å²) in [4.78, 5) is 26.4.